The van der Waals surface area contributed by atoms with Crippen LogP contribution < -0.4 is 10.2 Å². The van der Waals surface area contributed by atoms with E-state index in [0.717, 1.165) is 11.3 Å². The van der Waals surface area contributed by atoms with Crippen LogP contribution in [-0.4, -0.2) is 18.4 Å². The molecule has 0 unspecified atom stereocenters. The van der Waals surface area contributed by atoms with Crippen molar-refractivity contribution in [2.24, 2.45) is 0 Å². The van der Waals surface area contributed by atoms with Crippen LogP contribution in [0.1, 0.15) is 18.9 Å². The van der Waals surface area contributed by atoms with E-state index in [4.69, 9.17) is 11.6 Å². The molecule has 2 amide bonds. The van der Waals surface area contributed by atoms with E-state index < -0.39 is 0 Å². The zero-order valence-corrected chi connectivity index (χ0v) is 13.9. The molecule has 5 heteroatoms. The molecule has 0 radical (unpaired) electrons. The largest absolute Gasteiger partial charge is 0.325 e. The van der Waals surface area contributed by atoms with Crippen LogP contribution in [0.5, 0.6) is 0 Å². The van der Waals surface area contributed by atoms with Gasteiger partial charge in [-0.1, -0.05) is 35.9 Å². The molecular formula is C18H19ClN2O2. The molecule has 2 rings (SSSR count). The molecule has 2 aromatic rings. The highest BCUT2D eigenvalue weighted by Gasteiger charge is 2.14. The molecule has 23 heavy (non-hydrogen) atoms. The van der Waals surface area contributed by atoms with Crippen molar-refractivity contribution in [3.63, 3.8) is 0 Å². The number of benzene rings is 2. The molecule has 1 N–H and O–H groups in total. The van der Waals surface area contributed by atoms with E-state index in [0.29, 0.717) is 17.3 Å². The van der Waals surface area contributed by atoms with Crippen LogP contribution in [0.4, 0.5) is 11.4 Å². The van der Waals surface area contributed by atoms with Crippen molar-refractivity contribution < 1.29 is 9.59 Å². The van der Waals surface area contributed by atoms with Gasteiger partial charge in [-0.05, 0) is 36.8 Å². The fourth-order valence-corrected chi connectivity index (χ4v) is 2.44. The van der Waals surface area contributed by atoms with Crippen LogP contribution >= 0.6 is 11.6 Å². The molecular weight excluding hydrogens is 312 g/mol. The summed E-state index contributed by atoms with van der Waals surface area (Å²) in [4.78, 5) is 25.5. The molecule has 0 aliphatic rings. The maximum Gasteiger partial charge on any atom is 0.226 e. The van der Waals surface area contributed by atoms with Gasteiger partial charge >= 0.3 is 0 Å². The predicted molar refractivity (Wildman–Crippen MR) is 93.9 cm³/mol. The van der Waals surface area contributed by atoms with Crippen molar-refractivity contribution in [2.75, 3.05) is 16.8 Å². The molecule has 0 aliphatic carbocycles. The first-order chi connectivity index (χ1) is 11.0. The Morgan fingerprint density at radius 3 is 2.52 bits per heavy atom. The summed E-state index contributed by atoms with van der Waals surface area (Å²) in [6.45, 7) is 3.77. The fourth-order valence-electron chi connectivity index (χ4n) is 2.25. The maximum absolute atomic E-state index is 12.1. The predicted octanol–water partition coefficient (Wildman–Crippen LogP) is 4.03. The molecule has 0 saturated heterocycles. The molecule has 0 atom stereocenters. The van der Waals surface area contributed by atoms with Gasteiger partial charge < -0.3 is 10.2 Å². The second kappa shape index (κ2) is 7.79. The molecule has 0 saturated carbocycles. The Kier molecular flexibility index (Phi) is 5.77. The molecule has 0 aromatic heterocycles. The number of para-hydroxylation sites is 1. The van der Waals surface area contributed by atoms with Crippen molar-refractivity contribution >= 4 is 34.8 Å². The summed E-state index contributed by atoms with van der Waals surface area (Å²) in [5.74, 6) is -0.279. The van der Waals surface area contributed by atoms with E-state index in [2.05, 4.69) is 5.32 Å². The lowest BCUT2D eigenvalue weighted by atomic mass is 10.2. The SMILES string of the molecule is CC(=O)N(CCC(=O)Nc1ccccc1Cl)c1cccc(C)c1. The topological polar surface area (TPSA) is 49.4 Å². The van der Waals surface area contributed by atoms with Crippen molar-refractivity contribution in [3.8, 4) is 0 Å². The number of carbonyl (C=O) groups excluding carboxylic acids is 2. The highest BCUT2D eigenvalue weighted by atomic mass is 35.5. The first kappa shape index (κ1) is 17.0. The van der Waals surface area contributed by atoms with Gasteiger partial charge in [0.05, 0.1) is 10.7 Å². The minimum Gasteiger partial charge on any atom is -0.325 e. The standard InChI is InChI=1S/C18H19ClN2O2/c1-13-6-5-7-15(12-13)21(14(2)22)11-10-18(23)20-17-9-4-3-8-16(17)19/h3-9,12H,10-11H2,1-2H3,(H,20,23). The number of hydrogen-bond acceptors (Lipinski definition) is 2. The Morgan fingerprint density at radius 2 is 1.87 bits per heavy atom. The van der Waals surface area contributed by atoms with Gasteiger partial charge in [0.15, 0.2) is 0 Å². The summed E-state index contributed by atoms with van der Waals surface area (Å²) in [5.41, 5.74) is 2.43. The number of aryl methyl sites for hydroxylation is 1. The third-order valence-electron chi connectivity index (χ3n) is 3.40. The van der Waals surface area contributed by atoms with E-state index in [1.807, 2.05) is 31.2 Å². The fraction of sp³-hybridized carbons (Fsp3) is 0.222. The molecule has 2 aromatic carbocycles. The highest BCUT2D eigenvalue weighted by Crippen LogP contribution is 2.21. The van der Waals surface area contributed by atoms with Crippen LogP contribution in [0.25, 0.3) is 0 Å². The average Bonchev–Trinajstić information content (AvgIpc) is 2.49. The third kappa shape index (κ3) is 4.83. The zero-order valence-electron chi connectivity index (χ0n) is 13.2. The first-order valence-corrected chi connectivity index (χ1v) is 7.74. The van der Waals surface area contributed by atoms with Crippen LogP contribution in [0, 0.1) is 6.92 Å². The average molecular weight is 331 g/mol. The summed E-state index contributed by atoms with van der Waals surface area (Å²) >= 11 is 6.02. The molecule has 4 nitrogen and oxygen atoms in total. The lowest BCUT2D eigenvalue weighted by Gasteiger charge is -2.21. The number of halogens is 1. The number of nitrogens with one attached hydrogen (secondary N) is 1. The van der Waals surface area contributed by atoms with Gasteiger partial charge in [0.25, 0.3) is 0 Å². The molecule has 0 spiro atoms. The number of nitrogens with zero attached hydrogens (tertiary/aromatic N) is 1. The Bertz CT molecular complexity index is 716. The second-order valence-corrected chi connectivity index (χ2v) is 5.69. The lowest BCUT2D eigenvalue weighted by molar-refractivity contribution is -0.117. The van der Waals surface area contributed by atoms with E-state index in [1.165, 1.54) is 6.92 Å². The number of rotatable bonds is 5. The van der Waals surface area contributed by atoms with Crippen molar-refractivity contribution in [3.05, 3.63) is 59.1 Å². The van der Waals surface area contributed by atoms with Gasteiger partial charge in [-0.15, -0.1) is 0 Å². The van der Waals surface area contributed by atoms with Crippen molar-refractivity contribution in [2.45, 2.75) is 20.3 Å². The Morgan fingerprint density at radius 1 is 1.13 bits per heavy atom. The Hall–Kier alpha value is -2.33. The van der Waals surface area contributed by atoms with E-state index in [1.54, 1.807) is 29.2 Å². The number of anilines is 2. The summed E-state index contributed by atoms with van der Waals surface area (Å²) in [6, 6.07) is 14.7. The lowest BCUT2D eigenvalue weighted by Crippen LogP contribution is -2.32. The quantitative estimate of drug-likeness (QED) is 0.899. The molecule has 0 fully saturated rings. The van der Waals surface area contributed by atoms with E-state index in [9.17, 15) is 9.59 Å². The maximum atomic E-state index is 12.1. The first-order valence-electron chi connectivity index (χ1n) is 7.36. The summed E-state index contributed by atoms with van der Waals surface area (Å²) < 4.78 is 0. The highest BCUT2D eigenvalue weighted by molar-refractivity contribution is 6.33. The number of hydrogen-bond donors (Lipinski definition) is 1. The number of carbonyl (C=O) groups is 2. The van der Waals surface area contributed by atoms with Gasteiger partial charge in [-0.25, -0.2) is 0 Å². The van der Waals surface area contributed by atoms with Crippen LogP contribution in [0.2, 0.25) is 5.02 Å². The van der Waals surface area contributed by atoms with Crippen molar-refractivity contribution in [1.82, 2.24) is 0 Å². The van der Waals surface area contributed by atoms with Gasteiger partial charge in [0.1, 0.15) is 0 Å². The Labute approximate surface area is 141 Å². The summed E-state index contributed by atoms with van der Waals surface area (Å²) in [5, 5.41) is 3.25. The van der Waals surface area contributed by atoms with Crippen LogP contribution in [0.15, 0.2) is 48.5 Å². The third-order valence-corrected chi connectivity index (χ3v) is 3.73. The van der Waals surface area contributed by atoms with Gasteiger partial charge in [-0.2, -0.15) is 0 Å². The Balaban J connectivity index is 2.00. The summed E-state index contributed by atoms with van der Waals surface area (Å²) in [6.07, 6.45) is 0.193. The molecule has 0 heterocycles. The number of amides is 2. The zero-order chi connectivity index (χ0) is 16.8. The van der Waals surface area contributed by atoms with Gasteiger partial charge in [0, 0.05) is 25.6 Å². The molecule has 0 aliphatic heterocycles. The normalized spacial score (nSPS) is 10.2. The minimum absolute atomic E-state index is 0.0962. The van der Waals surface area contributed by atoms with Gasteiger partial charge in [0.2, 0.25) is 11.8 Å². The second-order valence-electron chi connectivity index (χ2n) is 5.29. The van der Waals surface area contributed by atoms with Gasteiger partial charge in [-0.3, -0.25) is 9.59 Å². The molecule has 0 bridgehead atoms. The smallest absolute Gasteiger partial charge is 0.226 e. The van der Waals surface area contributed by atoms with Crippen LogP contribution in [-0.2, 0) is 9.59 Å². The van der Waals surface area contributed by atoms with E-state index >= 15 is 0 Å². The van der Waals surface area contributed by atoms with Crippen molar-refractivity contribution in [1.29, 1.82) is 0 Å². The monoisotopic (exact) mass is 330 g/mol. The summed E-state index contributed by atoms with van der Waals surface area (Å²) in [7, 11) is 0. The van der Waals surface area contributed by atoms with E-state index in [-0.39, 0.29) is 18.2 Å². The molecule has 120 valence electrons. The van der Waals surface area contributed by atoms with Crippen LogP contribution in [0.3, 0.4) is 0 Å². The minimum atomic E-state index is -0.183.